The number of Topliss-reactive ketones (excluding diaryl/α,β-unsaturated/α-hetero) is 1. The first-order valence-corrected chi connectivity index (χ1v) is 16.4. The fourth-order valence-corrected chi connectivity index (χ4v) is 6.63. The number of carbonyl (C=O) groups excluding carboxylic acids is 4. The van der Waals surface area contributed by atoms with E-state index in [1.54, 1.807) is 25.8 Å². The number of hydrogen-bond acceptors (Lipinski definition) is 6. The molecule has 2 aliphatic rings. The van der Waals surface area contributed by atoms with Crippen LogP contribution in [0.15, 0.2) is 48.5 Å². The standard InChI is InChI=1S/C35H46N6O4/c1-23(42)12-7-4-5-10-17-31(43)40-21-20-26-18-19-30(41(26)35(45)29(22-40)38-34(44)24(2)36-3)33-37-28-16-11-15-27(32(28)39-33)25-13-8-6-9-14-25/h6,8-9,11,13-16,24,26,29-30,36H,4-5,7,10,12,17-22H2,1-3H3,(H,37,39)(H,38,44). The van der Waals surface area contributed by atoms with E-state index in [9.17, 15) is 19.2 Å². The summed E-state index contributed by atoms with van der Waals surface area (Å²) in [4.78, 5) is 64.2. The second-order valence-corrected chi connectivity index (χ2v) is 12.5. The largest absolute Gasteiger partial charge is 0.341 e. The number of imidazole rings is 1. The van der Waals surface area contributed by atoms with Gasteiger partial charge in [0, 0.05) is 37.5 Å². The van der Waals surface area contributed by atoms with Crippen LogP contribution in [0.2, 0.25) is 0 Å². The minimum absolute atomic E-state index is 0.00371. The molecule has 3 heterocycles. The lowest BCUT2D eigenvalue weighted by Gasteiger charge is -2.39. The number of hydrogen-bond donors (Lipinski definition) is 3. The molecule has 10 heteroatoms. The van der Waals surface area contributed by atoms with Gasteiger partial charge in [0.2, 0.25) is 17.7 Å². The first kappa shape index (κ1) is 32.3. The summed E-state index contributed by atoms with van der Waals surface area (Å²) < 4.78 is 0. The normalized spacial score (nSPS) is 20.9. The third-order valence-electron chi connectivity index (χ3n) is 9.29. The fourth-order valence-electron chi connectivity index (χ4n) is 6.63. The highest BCUT2D eigenvalue weighted by atomic mass is 16.2. The average molecular weight is 615 g/mol. The topological polar surface area (TPSA) is 128 Å². The number of unbranched alkanes of at least 4 members (excludes halogenated alkanes) is 3. The summed E-state index contributed by atoms with van der Waals surface area (Å²) in [5.74, 6) is 0.486. The lowest BCUT2D eigenvalue weighted by atomic mass is 10.0. The number of nitrogens with one attached hydrogen (secondary N) is 3. The monoisotopic (exact) mass is 614 g/mol. The van der Waals surface area contributed by atoms with Crippen molar-refractivity contribution < 1.29 is 19.2 Å². The minimum atomic E-state index is -0.861. The van der Waals surface area contributed by atoms with Crippen molar-refractivity contribution in [2.24, 2.45) is 0 Å². The molecule has 45 heavy (non-hydrogen) atoms. The summed E-state index contributed by atoms with van der Waals surface area (Å²) in [7, 11) is 1.70. The predicted octanol–water partition coefficient (Wildman–Crippen LogP) is 4.52. The summed E-state index contributed by atoms with van der Waals surface area (Å²) in [5, 5.41) is 5.90. The number of benzene rings is 2. The molecule has 2 saturated heterocycles. The van der Waals surface area contributed by atoms with Crippen molar-refractivity contribution in [1.82, 2.24) is 30.4 Å². The number of carbonyl (C=O) groups is 4. The van der Waals surface area contributed by atoms with Gasteiger partial charge in [0.1, 0.15) is 17.6 Å². The van der Waals surface area contributed by atoms with Gasteiger partial charge < -0.3 is 30.2 Å². The second kappa shape index (κ2) is 14.8. The van der Waals surface area contributed by atoms with Crippen LogP contribution >= 0.6 is 0 Å². The van der Waals surface area contributed by atoms with E-state index in [0.717, 1.165) is 66.5 Å². The number of aromatic amines is 1. The molecule has 2 fully saturated rings. The van der Waals surface area contributed by atoms with Crippen molar-refractivity contribution in [3.8, 4) is 11.1 Å². The van der Waals surface area contributed by atoms with Crippen LogP contribution in [-0.4, -0.2) is 81.5 Å². The van der Waals surface area contributed by atoms with Crippen LogP contribution in [-0.2, 0) is 19.2 Å². The number of fused-ring (bicyclic) bond motifs is 2. The molecule has 10 nitrogen and oxygen atoms in total. The average Bonchev–Trinajstić information content (AvgIpc) is 3.66. The van der Waals surface area contributed by atoms with Crippen molar-refractivity contribution >= 4 is 34.5 Å². The van der Waals surface area contributed by atoms with Gasteiger partial charge >= 0.3 is 0 Å². The van der Waals surface area contributed by atoms with E-state index in [0.29, 0.717) is 25.8 Å². The number of ketones is 1. The molecule has 3 N–H and O–H groups in total. The van der Waals surface area contributed by atoms with Crippen LogP contribution in [0.5, 0.6) is 0 Å². The van der Waals surface area contributed by atoms with Crippen molar-refractivity contribution in [3.63, 3.8) is 0 Å². The zero-order valence-electron chi connectivity index (χ0n) is 26.7. The molecule has 5 rings (SSSR count). The summed E-state index contributed by atoms with van der Waals surface area (Å²) in [6, 6.07) is 14.6. The van der Waals surface area contributed by atoms with Crippen LogP contribution in [0, 0.1) is 0 Å². The van der Waals surface area contributed by atoms with Crippen molar-refractivity contribution in [2.75, 3.05) is 20.1 Å². The van der Waals surface area contributed by atoms with Gasteiger partial charge in [-0.05, 0) is 64.6 Å². The zero-order valence-corrected chi connectivity index (χ0v) is 26.7. The van der Waals surface area contributed by atoms with Gasteiger partial charge in [-0.3, -0.25) is 14.4 Å². The summed E-state index contributed by atoms with van der Waals surface area (Å²) in [6.45, 7) is 4.01. The third kappa shape index (κ3) is 7.61. The minimum Gasteiger partial charge on any atom is -0.341 e. The summed E-state index contributed by atoms with van der Waals surface area (Å²) in [5.41, 5.74) is 3.89. The first-order valence-electron chi connectivity index (χ1n) is 16.4. The molecule has 4 atom stereocenters. The van der Waals surface area contributed by atoms with Crippen LogP contribution in [0.3, 0.4) is 0 Å². The number of likely N-dealkylation sites (N-methyl/N-ethyl adjacent to an activating group) is 1. The smallest absolute Gasteiger partial charge is 0.247 e. The van der Waals surface area contributed by atoms with Crippen LogP contribution in [0.25, 0.3) is 22.2 Å². The number of H-pyrrole nitrogens is 1. The molecule has 0 aliphatic carbocycles. The van der Waals surface area contributed by atoms with Gasteiger partial charge in [-0.25, -0.2) is 4.98 Å². The lowest BCUT2D eigenvalue weighted by molar-refractivity contribution is -0.144. The lowest BCUT2D eigenvalue weighted by Crippen LogP contribution is -2.60. The Hall–Kier alpha value is -4.05. The van der Waals surface area contributed by atoms with Gasteiger partial charge in [-0.1, -0.05) is 55.3 Å². The van der Waals surface area contributed by atoms with Crippen LogP contribution in [0.4, 0.5) is 0 Å². The van der Waals surface area contributed by atoms with E-state index in [1.807, 2.05) is 35.2 Å². The van der Waals surface area contributed by atoms with Crippen molar-refractivity contribution in [3.05, 3.63) is 54.4 Å². The first-order chi connectivity index (χ1) is 21.8. The van der Waals surface area contributed by atoms with Crippen LogP contribution in [0.1, 0.15) is 83.5 Å². The molecule has 4 unspecified atom stereocenters. The maximum Gasteiger partial charge on any atom is 0.247 e. The molecule has 1 aromatic heterocycles. The molecule has 0 spiro atoms. The molecule has 0 saturated carbocycles. The van der Waals surface area contributed by atoms with Gasteiger partial charge in [-0.15, -0.1) is 0 Å². The summed E-state index contributed by atoms with van der Waals surface area (Å²) in [6.07, 6.45) is 6.57. The Morgan fingerprint density at radius 1 is 0.978 bits per heavy atom. The highest BCUT2D eigenvalue weighted by Crippen LogP contribution is 2.39. The Kier molecular flexibility index (Phi) is 10.7. The molecule has 0 bridgehead atoms. The van der Waals surface area contributed by atoms with Crippen molar-refractivity contribution in [1.29, 1.82) is 0 Å². The predicted molar refractivity (Wildman–Crippen MR) is 174 cm³/mol. The zero-order chi connectivity index (χ0) is 31.9. The number of para-hydroxylation sites is 1. The van der Waals surface area contributed by atoms with E-state index in [4.69, 9.17) is 4.98 Å². The maximum absolute atomic E-state index is 14.4. The van der Waals surface area contributed by atoms with Gasteiger partial charge in [0.15, 0.2) is 0 Å². The Morgan fingerprint density at radius 2 is 1.73 bits per heavy atom. The number of rotatable bonds is 12. The Labute approximate surface area is 265 Å². The van der Waals surface area contributed by atoms with E-state index in [1.165, 1.54) is 0 Å². The van der Waals surface area contributed by atoms with E-state index < -0.39 is 12.1 Å². The van der Waals surface area contributed by atoms with E-state index in [-0.39, 0.29) is 42.1 Å². The Balaban J connectivity index is 1.36. The van der Waals surface area contributed by atoms with Gasteiger partial charge in [-0.2, -0.15) is 0 Å². The molecule has 3 aromatic rings. The SMILES string of the molecule is CNC(C)C(=O)NC1CN(C(=O)CCCCCCC(C)=O)CCC2CCC(c3nc4c(-c5ccccc5)cccc4[nH]3)N2C1=O. The Bertz CT molecular complexity index is 1500. The molecule has 2 aromatic carbocycles. The molecule has 240 valence electrons. The molecule has 0 radical (unpaired) electrons. The maximum atomic E-state index is 14.4. The second-order valence-electron chi connectivity index (χ2n) is 12.5. The number of aromatic nitrogens is 2. The van der Waals surface area contributed by atoms with Crippen molar-refractivity contribution in [2.45, 2.75) is 95.8 Å². The number of nitrogens with zero attached hydrogens (tertiary/aromatic N) is 3. The molecule has 3 amide bonds. The molecular weight excluding hydrogens is 568 g/mol. The fraction of sp³-hybridized carbons (Fsp3) is 0.514. The van der Waals surface area contributed by atoms with Gasteiger partial charge in [0.25, 0.3) is 0 Å². The Morgan fingerprint density at radius 3 is 2.47 bits per heavy atom. The number of amides is 3. The highest BCUT2D eigenvalue weighted by molar-refractivity contribution is 5.93. The third-order valence-corrected chi connectivity index (χ3v) is 9.29. The van der Waals surface area contributed by atoms with Crippen LogP contribution < -0.4 is 10.6 Å². The van der Waals surface area contributed by atoms with Gasteiger partial charge in [0.05, 0.1) is 23.1 Å². The molecular formula is C35H46N6O4. The summed E-state index contributed by atoms with van der Waals surface area (Å²) >= 11 is 0. The van der Waals surface area contributed by atoms with E-state index in [2.05, 4.69) is 33.8 Å². The highest BCUT2D eigenvalue weighted by Gasteiger charge is 2.44. The van der Waals surface area contributed by atoms with E-state index >= 15 is 0 Å². The molecule has 2 aliphatic heterocycles. The quantitative estimate of drug-likeness (QED) is 0.258.